The highest BCUT2D eigenvalue weighted by atomic mass is 32.2. The van der Waals surface area contributed by atoms with Gasteiger partial charge in [-0.3, -0.25) is 9.78 Å². The predicted molar refractivity (Wildman–Crippen MR) is 86.3 cm³/mol. The van der Waals surface area contributed by atoms with Crippen molar-refractivity contribution in [1.82, 2.24) is 10.3 Å². The van der Waals surface area contributed by atoms with E-state index in [0.29, 0.717) is 5.56 Å². The minimum absolute atomic E-state index is 0.00641. The molecule has 0 radical (unpaired) electrons. The molecule has 1 amide bonds. The van der Waals surface area contributed by atoms with Crippen LogP contribution in [0.4, 0.5) is 4.39 Å². The first-order valence-corrected chi connectivity index (χ1v) is 9.20. The third-order valence-electron chi connectivity index (χ3n) is 3.98. The number of carbonyl (C=O) groups excluding carboxylic acids is 1. The lowest BCUT2D eigenvalue weighted by Crippen LogP contribution is -2.32. The van der Waals surface area contributed by atoms with Crippen LogP contribution in [0, 0.1) is 11.7 Å². The number of halogens is 1. The predicted octanol–water partition coefficient (Wildman–Crippen LogP) is 2.26. The third kappa shape index (κ3) is 3.62. The first-order chi connectivity index (χ1) is 11.5. The molecule has 1 heterocycles. The van der Waals surface area contributed by atoms with Gasteiger partial charge in [0.25, 0.3) is 0 Å². The van der Waals surface area contributed by atoms with E-state index in [0.717, 1.165) is 25.0 Å². The van der Waals surface area contributed by atoms with Gasteiger partial charge in [0.2, 0.25) is 5.91 Å². The molecule has 7 heteroatoms. The van der Waals surface area contributed by atoms with E-state index >= 15 is 0 Å². The number of aromatic nitrogens is 1. The Morgan fingerprint density at radius 2 is 1.96 bits per heavy atom. The van der Waals surface area contributed by atoms with Crippen LogP contribution in [-0.2, 0) is 14.6 Å². The second-order valence-corrected chi connectivity index (χ2v) is 7.92. The van der Waals surface area contributed by atoms with Gasteiger partial charge in [-0.2, -0.15) is 0 Å². The topological polar surface area (TPSA) is 76.1 Å². The molecule has 126 valence electrons. The van der Waals surface area contributed by atoms with Crippen LogP contribution in [0.2, 0.25) is 0 Å². The van der Waals surface area contributed by atoms with Crippen LogP contribution >= 0.6 is 0 Å². The van der Waals surface area contributed by atoms with Crippen molar-refractivity contribution < 1.29 is 17.6 Å². The molecular formula is C17H17FN2O3S. The molecule has 1 atom stereocenters. The summed E-state index contributed by atoms with van der Waals surface area (Å²) in [6.45, 7) is -0.0409. The first kappa shape index (κ1) is 16.6. The zero-order valence-electron chi connectivity index (χ0n) is 12.9. The molecule has 0 aliphatic heterocycles. The Morgan fingerprint density at radius 1 is 1.25 bits per heavy atom. The maximum atomic E-state index is 13.1. The highest BCUT2D eigenvalue weighted by molar-refractivity contribution is 7.91. The highest BCUT2D eigenvalue weighted by Crippen LogP contribution is 2.31. The van der Waals surface area contributed by atoms with Crippen LogP contribution < -0.4 is 5.32 Å². The Balaban J connectivity index is 1.90. The van der Waals surface area contributed by atoms with E-state index in [9.17, 15) is 17.6 Å². The third-order valence-corrected chi connectivity index (χ3v) is 6.10. The Labute approximate surface area is 139 Å². The van der Waals surface area contributed by atoms with Crippen molar-refractivity contribution in [2.45, 2.75) is 23.0 Å². The molecule has 24 heavy (non-hydrogen) atoms. The molecule has 1 aromatic carbocycles. The number of hydrogen-bond donors (Lipinski definition) is 1. The monoisotopic (exact) mass is 348 g/mol. The molecule has 2 aromatic rings. The molecule has 1 saturated carbocycles. The van der Waals surface area contributed by atoms with Gasteiger partial charge in [-0.15, -0.1) is 0 Å². The summed E-state index contributed by atoms with van der Waals surface area (Å²) in [5.74, 6) is -0.639. The van der Waals surface area contributed by atoms with Crippen molar-refractivity contribution in [3.63, 3.8) is 0 Å². The van der Waals surface area contributed by atoms with Gasteiger partial charge in [0.05, 0.1) is 4.90 Å². The summed E-state index contributed by atoms with van der Waals surface area (Å²) in [5.41, 5.74) is 0.484. The van der Waals surface area contributed by atoms with E-state index in [-0.39, 0.29) is 23.3 Å². The molecule has 5 nitrogen and oxygen atoms in total. The van der Waals surface area contributed by atoms with E-state index in [2.05, 4.69) is 10.3 Å². The van der Waals surface area contributed by atoms with E-state index in [1.807, 2.05) is 0 Å². The molecule has 0 saturated heterocycles. The second-order valence-electron chi connectivity index (χ2n) is 5.79. The average Bonchev–Trinajstić information content (AvgIpc) is 3.41. The van der Waals surface area contributed by atoms with Gasteiger partial charge in [0, 0.05) is 24.9 Å². The molecule has 0 spiro atoms. The summed E-state index contributed by atoms with van der Waals surface area (Å²) in [4.78, 5) is 15.9. The minimum Gasteiger partial charge on any atom is -0.354 e. The second kappa shape index (κ2) is 6.68. The molecule has 1 N–H and O–H groups in total. The van der Waals surface area contributed by atoms with Crippen molar-refractivity contribution in [3.05, 3.63) is 60.2 Å². The van der Waals surface area contributed by atoms with Crippen molar-refractivity contribution in [2.24, 2.45) is 5.92 Å². The highest BCUT2D eigenvalue weighted by Gasteiger charge is 2.33. The van der Waals surface area contributed by atoms with Crippen LogP contribution in [0.5, 0.6) is 0 Å². The summed E-state index contributed by atoms with van der Waals surface area (Å²) >= 11 is 0. The summed E-state index contributed by atoms with van der Waals surface area (Å²) in [6, 6.07) is 7.98. The lowest BCUT2D eigenvalue weighted by Gasteiger charge is -2.18. The zero-order chi connectivity index (χ0) is 17.2. The average molecular weight is 348 g/mol. The summed E-state index contributed by atoms with van der Waals surface area (Å²) in [7, 11) is -3.79. The number of nitrogens with zero attached hydrogens (tertiary/aromatic N) is 1. The minimum atomic E-state index is -3.79. The van der Waals surface area contributed by atoms with Crippen LogP contribution in [0.3, 0.4) is 0 Å². The summed E-state index contributed by atoms with van der Waals surface area (Å²) in [5, 5.41) is 1.74. The smallest absolute Gasteiger partial charge is 0.223 e. The molecule has 1 fully saturated rings. The number of carbonyl (C=O) groups is 1. The van der Waals surface area contributed by atoms with Gasteiger partial charge in [-0.05, 0) is 48.7 Å². The lowest BCUT2D eigenvalue weighted by atomic mass is 10.2. The summed E-state index contributed by atoms with van der Waals surface area (Å²) in [6.07, 6.45) is 4.70. The lowest BCUT2D eigenvalue weighted by molar-refractivity contribution is -0.122. The van der Waals surface area contributed by atoms with E-state index < -0.39 is 20.9 Å². The Bertz CT molecular complexity index is 819. The van der Waals surface area contributed by atoms with Crippen molar-refractivity contribution in [1.29, 1.82) is 0 Å². The first-order valence-electron chi connectivity index (χ1n) is 7.65. The maximum absolute atomic E-state index is 13.1. The van der Waals surface area contributed by atoms with E-state index in [1.165, 1.54) is 18.3 Å². The van der Waals surface area contributed by atoms with Gasteiger partial charge >= 0.3 is 0 Å². The number of amides is 1. The molecule has 0 bridgehead atoms. The fraction of sp³-hybridized carbons (Fsp3) is 0.294. The van der Waals surface area contributed by atoms with Gasteiger partial charge in [0.1, 0.15) is 11.1 Å². The van der Waals surface area contributed by atoms with Crippen molar-refractivity contribution in [3.8, 4) is 0 Å². The van der Waals surface area contributed by atoms with E-state index in [1.54, 1.807) is 18.3 Å². The Morgan fingerprint density at radius 3 is 2.54 bits per heavy atom. The largest absolute Gasteiger partial charge is 0.354 e. The van der Waals surface area contributed by atoms with Crippen LogP contribution in [0.15, 0.2) is 53.7 Å². The number of nitrogens with one attached hydrogen (secondary N) is 1. The standard InChI is InChI=1S/C17H17FN2O3S/c18-14-5-7-15(8-6-14)24(22,23)16(13-2-1-9-19-10-13)11-20-17(21)12-3-4-12/h1-2,5-10,12,16H,3-4,11H2,(H,20,21). The van der Waals surface area contributed by atoms with Crippen molar-refractivity contribution in [2.75, 3.05) is 6.54 Å². The van der Waals surface area contributed by atoms with Crippen LogP contribution in [0.25, 0.3) is 0 Å². The molecule has 1 aliphatic rings. The van der Waals surface area contributed by atoms with Crippen molar-refractivity contribution >= 4 is 15.7 Å². The molecule has 1 aliphatic carbocycles. The fourth-order valence-electron chi connectivity index (χ4n) is 2.44. The number of hydrogen-bond acceptors (Lipinski definition) is 4. The van der Waals surface area contributed by atoms with E-state index in [4.69, 9.17) is 0 Å². The molecule has 3 rings (SSSR count). The number of benzene rings is 1. The Kier molecular flexibility index (Phi) is 4.62. The Hall–Kier alpha value is -2.28. The quantitative estimate of drug-likeness (QED) is 0.813. The fourth-order valence-corrected chi connectivity index (χ4v) is 4.09. The zero-order valence-corrected chi connectivity index (χ0v) is 13.7. The summed E-state index contributed by atoms with van der Waals surface area (Å²) < 4.78 is 39.0. The van der Waals surface area contributed by atoms with Crippen LogP contribution in [0.1, 0.15) is 23.7 Å². The molecule has 1 aromatic heterocycles. The number of rotatable bonds is 6. The number of sulfone groups is 1. The molecular weight excluding hydrogens is 331 g/mol. The normalized spacial score (nSPS) is 15.7. The van der Waals surface area contributed by atoms with Gasteiger partial charge in [-0.25, -0.2) is 12.8 Å². The van der Waals surface area contributed by atoms with Gasteiger partial charge in [-0.1, -0.05) is 6.07 Å². The SMILES string of the molecule is O=C(NCC(c1cccnc1)S(=O)(=O)c1ccc(F)cc1)C1CC1. The van der Waals surface area contributed by atoms with Gasteiger partial charge in [0.15, 0.2) is 9.84 Å². The van der Waals surface area contributed by atoms with Gasteiger partial charge < -0.3 is 5.32 Å². The molecule has 1 unspecified atom stereocenters. The number of pyridine rings is 1. The van der Waals surface area contributed by atoms with Crippen LogP contribution in [-0.4, -0.2) is 25.9 Å². The maximum Gasteiger partial charge on any atom is 0.223 e.